The molecule has 108 valence electrons. The zero-order valence-corrected chi connectivity index (χ0v) is 11.4. The largest absolute Gasteiger partial charge is 0.481 e. The quantitative estimate of drug-likeness (QED) is 0.584. The summed E-state index contributed by atoms with van der Waals surface area (Å²) in [5.74, 6) is -2.31. The molecule has 0 aromatic rings. The highest BCUT2D eigenvalue weighted by Gasteiger charge is 2.71. The number of hydrogen-bond donors (Lipinski definition) is 3. The lowest BCUT2D eigenvalue weighted by Gasteiger charge is -2.28. The third kappa shape index (κ3) is 2.48. The van der Waals surface area contributed by atoms with Gasteiger partial charge in [0.15, 0.2) is 0 Å². The summed E-state index contributed by atoms with van der Waals surface area (Å²) in [5.41, 5.74) is -0.986. The lowest BCUT2D eigenvalue weighted by atomic mass is 9.90. The molecular formula is C14H23NO4. The fourth-order valence-corrected chi connectivity index (χ4v) is 3.70. The van der Waals surface area contributed by atoms with Gasteiger partial charge in [-0.2, -0.15) is 0 Å². The van der Waals surface area contributed by atoms with Crippen molar-refractivity contribution in [3.63, 3.8) is 0 Å². The summed E-state index contributed by atoms with van der Waals surface area (Å²) in [6.45, 7) is 2.80. The fourth-order valence-electron chi connectivity index (χ4n) is 3.70. The Kier molecular flexibility index (Phi) is 4.13. The van der Waals surface area contributed by atoms with Gasteiger partial charge in [-0.15, -0.1) is 0 Å². The Morgan fingerprint density at radius 2 is 2.00 bits per heavy atom. The van der Waals surface area contributed by atoms with Gasteiger partial charge in [0.05, 0.1) is 5.92 Å². The number of carboxylic acid groups (broad SMARTS) is 2. The molecule has 4 atom stereocenters. The Bertz CT molecular complexity index is 370. The second-order valence-electron chi connectivity index (χ2n) is 5.86. The smallest absolute Gasteiger partial charge is 0.324 e. The number of fused-ring (bicyclic) bond motifs is 1. The Morgan fingerprint density at radius 1 is 1.26 bits per heavy atom. The highest BCUT2D eigenvalue weighted by atomic mass is 16.4. The van der Waals surface area contributed by atoms with Crippen molar-refractivity contribution in [2.24, 2.45) is 17.8 Å². The minimum atomic E-state index is -0.986. The first-order valence-electron chi connectivity index (χ1n) is 7.26. The Balaban J connectivity index is 1.92. The van der Waals surface area contributed by atoms with Crippen LogP contribution in [0.4, 0.5) is 0 Å². The predicted octanol–water partition coefficient (Wildman–Crippen LogP) is 1.72. The zero-order chi connectivity index (χ0) is 14.0. The maximum absolute atomic E-state index is 11.6. The van der Waals surface area contributed by atoms with E-state index in [1.54, 1.807) is 0 Å². The minimum absolute atomic E-state index is 0.0664. The number of carboxylic acids is 2. The molecular weight excluding hydrogens is 246 g/mol. The Morgan fingerprint density at radius 3 is 2.53 bits per heavy atom. The van der Waals surface area contributed by atoms with Crippen LogP contribution < -0.4 is 5.32 Å². The molecule has 0 aliphatic heterocycles. The summed E-state index contributed by atoms with van der Waals surface area (Å²) >= 11 is 0. The van der Waals surface area contributed by atoms with Crippen LogP contribution in [-0.2, 0) is 9.59 Å². The summed E-state index contributed by atoms with van der Waals surface area (Å²) in [4.78, 5) is 22.7. The van der Waals surface area contributed by atoms with Crippen LogP contribution in [0.1, 0.15) is 45.4 Å². The van der Waals surface area contributed by atoms with Crippen LogP contribution >= 0.6 is 0 Å². The molecule has 2 aliphatic rings. The van der Waals surface area contributed by atoms with Crippen LogP contribution in [0.5, 0.6) is 0 Å². The van der Waals surface area contributed by atoms with Crippen molar-refractivity contribution in [2.45, 2.75) is 51.0 Å². The number of unbranched alkanes of at least 4 members (excludes halogenated alkanes) is 3. The van der Waals surface area contributed by atoms with Gasteiger partial charge in [-0.3, -0.25) is 9.59 Å². The number of nitrogens with one attached hydrogen (secondary N) is 1. The van der Waals surface area contributed by atoms with Crippen molar-refractivity contribution in [1.82, 2.24) is 5.32 Å². The molecule has 5 heteroatoms. The Labute approximate surface area is 113 Å². The SMILES string of the molecule is CCCCCCNC1(C(=O)O)CCC2C(C(=O)O)C21. The first-order chi connectivity index (χ1) is 9.04. The molecule has 0 aromatic carbocycles. The summed E-state index contributed by atoms with van der Waals surface area (Å²) in [6.07, 6.45) is 5.64. The maximum atomic E-state index is 11.6. The van der Waals surface area contributed by atoms with Crippen LogP contribution in [0.25, 0.3) is 0 Å². The van der Waals surface area contributed by atoms with E-state index >= 15 is 0 Å². The van der Waals surface area contributed by atoms with Crippen molar-refractivity contribution in [1.29, 1.82) is 0 Å². The molecule has 0 aromatic heterocycles. The summed E-state index contributed by atoms with van der Waals surface area (Å²) < 4.78 is 0. The van der Waals surface area contributed by atoms with E-state index in [-0.39, 0.29) is 11.8 Å². The van der Waals surface area contributed by atoms with Gasteiger partial charge >= 0.3 is 11.9 Å². The van der Waals surface area contributed by atoms with E-state index in [1.807, 2.05) is 0 Å². The van der Waals surface area contributed by atoms with Gasteiger partial charge in [0.25, 0.3) is 0 Å². The summed E-state index contributed by atoms with van der Waals surface area (Å²) in [7, 11) is 0. The van der Waals surface area contributed by atoms with E-state index in [1.165, 1.54) is 0 Å². The Hall–Kier alpha value is -1.10. The van der Waals surface area contributed by atoms with Crippen LogP contribution in [0.2, 0.25) is 0 Å². The third-order valence-corrected chi connectivity index (χ3v) is 4.75. The van der Waals surface area contributed by atoms with E-state index in [0.29, 0.717) is 13.0 Å². The molecule has 3 N–H and O–H groups in total. The lowest BCUT2D eigenvalue weighted by Crippen LogP contribution is -2.53. The van der Waals surface area contributed by atoms with Crippen molar-refractivity contribution >= 4 is 11.9 Å². The number of hydrogen-bond acceptors (Lipinski definition) is 3. The topological polar surface area (TPSA) is 86.6 Å². The van der Waals surface area contributed by atoms with Gasteiger partial charge in [0, 0.05) is 5.92 Å². The van der Waals surface area contributed by atoms with Crippen LogP contribution in [0.15, 0.2) is 0 Å². The molecule has 5 nitrogen and oxygen atoms in total. The molecule has 19 heavy (non-hydrogen) atoms. The predicted molar refractivity (Wildman–Crippen MR) is 69.9 cm³/mol. The summed E-state index contributed by atoms with van der Waals surface area (Å²) in [5, 5.41) is 21.8. The van der Waals surface area contributed by atoms with Gasteiger partial charge in [-0.05, 0) is 31.7 Å². The van der Waals surface area contributed by atoms with Gasteiger partial charge in [-0.25, -0.2) is 0 Å². The van der Waals surface area contributed by atoms with Gasteiger partial charge in [-0.1, -0.05) is 26.2 Å². The average Bonchev–Trinajstić information content (AvgIpc) is 2.98. The molecule has 0 spiro atoms. The molecule has 4 unspecified atom stereocenters. The van der Waals surface area contributed by atoms with Crippen LogP contribution in [0.3, 0.4) is 0 Å². The molecule has 0 saturated heterocycles. The average molecular weight is 269 g/mol. The summed E-state index contributed by atoms with van der Waals surface area (Å²) in [6, 6.07) is 0. The highest BCUT2D eigenvalue weighted by Crippen LogP contribution is 2.62. The van der Waals surface area contributed by atoms with E-state index in [2.05, 4.69) is 12.2 Å². The van der Waals surface area contributed by atoms with Crippen LogP contribution in [-0.4, -0.2) is 34.2 Å². The normalized spacial score (nSPS) is 35.9. The number of carbonyl (C=O) groups is 2. The number of rotatable bonds is 8. The lowest BCUT2D eigenvalue weighted by molar-refractivity contribution is -0.147. The fraction of sp³-hybridized carbons (Fsp3) is 0.857. The molecule has 2 rings (SSSR count). The van der Waals surface area contributed by atoms with E-state index in [9.17, 15) is 14.7 Å². The minimum Gasteiger partial charge on any atom is -0.481 e. The zero-order valence-electron chi connectivity index (χ0n) is 11.4. The van der Waals surface area contributed by atoms with Gasteiger partial charge in [0.2, 0.25) is 0 Å². The van der Waals surface area contributed by atoms with E-state index in [0.717, 1.165) is 32.1 Å². The van der Waals surface area contributed by atoms with Crippen LogP contribution in [0, 0.1) is 17.8 Å². The molecule has 0 heterocycles. The van der Waals surface area contributed by atoms with Crippen molar-refractivity contribution < 1.29 is 19.8 Å². The van der Waals surface area contributed by atoms with Crippen molar-refractivity contribution in [3.8, 4) is 0 Å². The maximum Gasteiger partial charge on any atom is 0.324 e. The second kappa shape index (κ2) is 5.49. The molecule has 2 fully saturated rings. The molecule has 0 amide bonds. The standard InChI is InChI=1S/C14H23NO4/c1-2-3-4-5-8-15-14(13(18)19)7-6-9-10(11(9)14)12(16)17/h9-11,15H,2-8H2,1H3,(H,16,17)(H,18,19). The van der Waals surface area contributed by atoms with Gasteiger partial charge < -0.3 is 15.5 Å². The monoisotopic (exact) mass is 269 g/mol. The molecule has 2 aliphatic carbocycles. The van der Waals surface area contributed by atoms with Crippen molar-refractivity contribution in [2.75, 3.05) is 6.54 Å². The third-order valence-electron chi connectivity index (χ3n) is 4.75. The highest BCUT2D eigenvalue weighted by molar-refractivity contribution is 5.85. The van der Waals surface area contributed by atoms with E-state index in [4.69, 9.17) is 5.11 Å². The molecule has 0 radical (unpaired) electrons. The van der Waals surface area contributed by atoms with Crippen molar-refractivity contribution in [3.05, 3.63) is 0 Å². The molecule has 0 bridgehead atoms. The second-order valence-corrected chi connectivity index (χ2v) is 5.86. The first-order valence-corrected chi connectivity index (χ1v) is 7.26. The number of aliphatic carboxylic acids is 2. The van der Waals surface area contributed by atoms with E-state index < -0.39 is 23.4 Å². The van der Waals surface area contributed by atoms with Gasteiger partial charge in [0.1, 0.15) is 5.54 Å². The first kappa shape index (κ1) is 14.3. The molecule has 2 saturated carbocycles.